The first kappa shape index (κ1) is 24.8. The summed E-state index contributed by atoms with van der Waals surface area (Å²) in [7, 11) is 2.10. The van der Waals surface area contributed by atoms with Crippen LogP contribution in [0.2, 0.25) is 10.0 Å². The lowest BCUT2D eigenvalue weighted by molar-refractivity contribution is 0.313. The second kappa shape index (κ2) is 10.9. The Morgan fingerprint density at radius 3 is 2.21 bits per heavy atom. The zero-order chi connectivity index (χ0) is 24.2. The molecular weight excluding hydrogens is 496 g/mol. The molecule has 2 saturated heterocycles. The Morgan fingerprint density at radius 1 is 0.971 bits per heavy atom. The van der Waals surface area contributed by atoms with E-state index in [0.717, 1.165) is 37.6 Å². The normalized spacial score (nSPS) is 17.5. The van der Waals surface area contributed by atoms with Crippen molar-refractivity contribution in [2.45, 2.75) is 0 Å². The molecule has 2 aromatic rings. The molecule has 2 fully saturated rings. The third-order valence-corrected chi connectivity index (χ3v) is 7.11. The standard InChI is InChI=1S/C23H28Cl2FN7S/c1-30-5-7-32(8-6-30)20-14-21(18(26)13-16(20)15-28-29-23(27)34)33-11-9-31(10-12-33)19-4-2-3-17(24)22(19)25/h2-4,13-15H,5-12H2,1H3,(H3,27,29,34). The fraction of sp³-hybridized carbons (Fsp3) is 0.391. The molecule has 0 amide bonds. The first-order chi connectivity index (χ1) is 16.3. The smallest absolute Gasteiger partial charge is 0.184 e. The van der Waals surface area contributed by atoms with E-state index in [9.17, 15) is 0 Å². The number of nitrogens with zero attached hydrogens (tertiary/aromatic N) is 5. The van der Waals surface area contributed by atoms with E-state index in [0.29, 0.717) is 47.5 Å². The molecule has 0 aliphatic carbocycles. The van der Waals surface area contributed by atoms with E-state index in [2.05, 4.69) is 37.2 Å². The molecule has 2 aliphatic heterocycles. The van der Waals surface area contributed by atoms with E-state index in [4.69, 9.17) is 41.2 Å². The SMILES string of the molecule is CN1CCN(c2cc(N3CCN(c4cccc(Cl)c4Cl)CC3)c(F)cc2C=NNC(N)=S)CC1. The third kappa shape index (κ3) is 5.66. The van der Waals surface area contributed by atoms with Crippen molar-refractivity contribution in [3.63, 3.8) is 0 Å². The Labute approximate surface area is 214 Å². The van der Waals surface area contributed by atoms with Crippen molar-refractivity contribution in [1.82, 2.24) is 10.3 Å². The summed E-state index contributed by atoms with van der Waals surface area (Å²) in [6, 6.07) is 9.11. The van der Waals surface area contributed by atoms with Crippen molar-refractivity contribution in [3.05, 3.63) is 51.8 Å². The molecule has 0 aromatic heterocycles. The summed E-state index contributed by atoms with van der Waals surface area (Å²) in [6.07, 6.45) is 1.57. The van der Waals surface area contributed by atoms with Gasteiger partial charge in [0, 0.05) is 63.6 Å². The van der Waals surface area contributed by atoms with Crippen molar-refractivity contribution in [2.75, 3.05) is 74.1 Å². The minimum atomic E-state index is -0.288. The quantitative estimate of drug-likeness (QED) is 0.353. The van der Waals surface area contributed by atoms with Crippen molar-refractivity contribution < 1.29 is 4.39 Å². The first-order valence-corrected chi connectivity index (χ1v) is 12.3. The Hall–Kier alpha value is -2.33. The van der Waals surface area contributed by atoms with Crippen molar-refractivity contribution in [1.29, 1.82) is 0 Å². The lowest BCUT2D eigenvalue weighted by Crippen LogP contribution is -2.47. The van der Waals surface area contributed by atoms with Gasteiger partial charge in [-0.15, -0.1) is 0 Å². The number of rotatable bonds is 5. The van der Waals surface area contributed by atoms with Gasteiger partial charge in [0.1, 0.15) is 5.82 Å². The number of benzene rings is 2. The molecule has 0 bridgehead atoms. The number of hydrogen-bond donors (Lipinski definition) is 2. The molecule has 0 atom stereocenters. The highest BCUT2D eigenvalue weighted by Crippen LogP contribution is 2.35. The highest BCUT2D eigenvalue weighted by molar-refractivity contribution is 7.80. The monoisotopic (exact) mass is 523 g/mol. The van der Waals surface area contributed by atoms with Crippen molar-refractivity contribution in [2.24, 2.45) is 10.8 Å². The summed E-state index contributed by atoms with van der Waals surface area (Å²) in [4.78, 5) is 8.82. The number of nitrogens with one attached hydrogen (secondary N) is 1. The van der Waals surface area contributed by atoms with Crippen LogP contribution in [0.3, 0.4) is 0 Å². The van der Waals surface area contributed by atoms with Crippen LogP contribution in [0.15, 0.2) is 35.4 Å². The summed E-state index contributed by atoms with van der Waals surface area (Å²) in [5.41, 5.74) is 11.1. The lowest BCUT2D eigenvalue weighted by Gasteiger charge is -2.39. The van der Waals surface area contributed by atoms with Crippen LogP contribution in [0.5, 0.6) is 0 Å². The molecule has 0 unspecified atom stereocenters. The van der Waals surface area contributed by atoms with Gasteiger partial charge in [-0.05, 0) is 43.5 Å². The maximum Gasteiger partial charge on any atom is 0.184 e. The largest absolute Gasteiger partial charge is 0.375 e. The highest BCUT2D eigenvalue weighted by atomic mass is 35.5. The highest BCUT2D eigenvalue weighted by Gasteiger charge is 2.25. The molecule has 34 heavy (non-hydrogen) atoms. The Bertz CT molecular complexity index is 1070. The molecule has 2 aliphatic rings. The zero-order valence-electron chi connectivity index (χ0n) is 19.0. The molecule has 2 heterocycles. The number of hydrogen-bond acceptors (Lipinski definition) is 6. The zero-order valence-corrected chi connectivity index (χ0v) is 21.3. The number of likely N-dealkylation sites (N-methyl/N-ethyl adjacent to an activating group) is 1. The van der Waals surface area contributed by atoms with E-state index >= 15 is 4.39 Å². The predicted molar refractivity (Wildman–Crippen MR) is 145 cm³/mol. The van der Waals surface area contributed by atoms with Gasteiger partial charge in [0.25, 0.3) is 0 Å². The van der Waals surface area contributed by atoms with Crippen LogP contribution in [-0.2, 0) is 0 Å². The van der Waals surface area contributed by atoms with Gasteiger partial charge in [-0.1, -0.05) is 29.3 Å². The van der Waals surface area contributed by atoms with Gasteiger partial charge < -0.3 is 25.3 Å². The number of halogens is 3. The Morgan fingerprint density at radius 2 is 1.56 bits per heavy atom. The summed E-state index contributed by atoms with van der Waals surface area (Å²) >= 11 is 17.4. The van der Waals surface area contributed by atoms with Crippen LogP contribution >= 0.6 is 35.4 Å². The Kier molecular flexibility index (Phi) is 7.98. The maximum absolute atomic E-state index is 15.3. The van der Waals surface area contributed by atoms with Gasteiger partial charge in [0.05, 0.1) is 27.6 Å². The van der Waals surface area contributed by atoms with E-state index in [1.807, 2.05) is 18.2 Å². The number of hydrazone groups is 1. The summed E-state index contributed by atoms with van der Waals surface area (Å²) < 4.78 is 15.3. The second-order valence-electron chi connectivity index (χ2n) is 8.43. The molecule has 182 valence electrons. The van der Waals surface area contributed by atoms with Crippen LogP contribution in [0.4, 0.5) is 21.5 Å². The van der Waals surface area contributed by atoms with Crippen LogP contribution in [0.25, 0.3) is 0 Å². The number of nitrogens with two attached hydrogens (primary N) is 1. The second-order valence-corrected chi connectivity index (χ2v) is 9.66. The van der Waals surface area contributed by atoms with Crippen LogP contribution in [-0.4, -0.2) is 75.6 Å². The van der Waals surface area contributed by atoms with Gasteiger partial charge in [-0.3, -0.25) is 5.43 Å². The minimum absolute atomic E-state index is 0.0622. The van der Waals surface area contributed by atoms with Crippen molar-refractivity contribution in [3.8, 4) is 0 Å². The Balaban J connectivity index is 1.57. The topological polar surface area (TPSA) is 63.4 Å². The molecule has 0 saturated carbocycles. The van der Waals surface area contributed by atoms with E-state index < -0.39 is 0 Å². The molecule has 2 aromatic carbocycles. The molecule has 3 N–H and O–H groups in total. The fourth-order valence-electron chi connectivity index (χ4n) is 4.32. The molecule has 7 nitrogen and oxygen atoms in total. The molecule has 0 spiro atoms. The van der Waals surface area contributed by atoms with E-state index in [-0.39, 0.29) is 10.9 Å². The van der Waals surface area contributed by atoms with Crippen LogP contribution in [0.1, 0.15) is 5.56 Å². The number of thiocarbonyl (C=S) groups is 1. The predicted octanol–water partition coefficient (Wildman–Crippen LogP) is 3.38. The minimum Gasteiger partial charge on any atom is -0.375 e. The van der Waals surface area contributed by atoms with Gasteiger partial charge in [0.15, 0.2) is 5.11 Å². The maximum atomic E-state index is 15.3. The molecular formula is C23H28Cl2FN7S. The van der Waals surface area contributed by atoms with E-state index in [1.54, 1.807) is 12.3 Å². The number of piperazine rings is 2. The molecule has 4 rings (SSSR count). The fourth-order valence-corrected chi connectivity index (χ4v) is 4.79. The van der Waals surface area contributed by atoms with Crippen LogP contribution < -0.4 is 25.9 Å². The van der Waals surface area contributed by atoms with E-state index in [1.165, 1.54) is 6.07 Å². The molecule has 0 radical (unpaired) electrons. The summed E-state index contributed by atoms with van der Waals surface area (Å²) in [5, 5.41) is 5.21. The van der Waals surface area contributed by atoms with Gasteiger partial charge in [0.2, 0.25) is 0 Å². The van der Waals surface area contributed by atoms with Gasteiger partial charge in [-0.2, -0.15) is 5.10 Å². The lowest BCUT2D eigenvalue weighted by atomic mass is 10.1. The molecule has 11 heteroatoms. The van der Waals surface area contributed by atoms with Crippen molar-refractivity contribution >= 4 is 63.8 Å². The van der Waals surface area contributed by atoms with Crippen LogP contribution in [0, 0.1) is 5.82 Å². The average Bonchev–Trinajstić information content (AvgIpc) is 2.82. The summed E-state index contributed by atoms with van der Waals surface area (Å²) in [6.45, 7) is 6.34. The first-order valence-electron chi connectivity index (χ1n) is 11.1. The van der Waals surface area contributed by atoms with Gasteiger partial charge in [-0.25, -0.2) is 4.39 Å². The van der Waals surface area contributed by atoms with Gasteiger partial charge >= 0.3 is 0 Å². The average molecular weight is 524 g/mol. The summed E-state index contributed by atoms with van der Waals surface area (Å²) in [5.74, 6) is -0.288. The number of anilines is 3. The third-order valence-electron chi connectivity index (χ3n) is 6.21.